The molecule has 3 heterocycles. The van der Waals surface area contributed by atoms with Crippen LogP contribution in [0.4, 0.5) is 0 Å². The monoisotopic (exact) mass is 357 g/mol. The number of carbonyl (C=O) groups is 1. The van der Waals surface area contributed by atoms with Gasteiger partial charge in [-0.1, -0.05) is 0 Å². The molecule has 6 nitrogen and oxygen atoms in total. The topological polar surface area (TPSA) is 64.7 Å². The SMILES string of the molecule is Cc1nn(C)c(C)c1CCNC(=O)c1cc(C)n(-c2nccs2)c1C. The molecule has 0 radical (unpaired) electrons. The van der Waals surface area contributed by atoms with Gasteiger partial charge in [0.15, 0.2) is 5.13 Å². The summed E-state index contributed by atoms with van der Waals surface area (Å²) in [4.78, 5) is 16.9. The van der Waals surface area contributed by atoms with Crippen molar-refractivity contribution in [3.8, 4) is 5.13 Å². The largest absolute Gasteiger partial charge is 0.352 e. The molecule has 0 saturated carbocycles. The number of thiazole rings is 1. The average Bonchev–Trinajstić information content (AvgIpc) is 3.23. The lowest BCUT2D eigenvalue weighted by atomic mass is 10.1. The molecular weight excluding hydrogens is 334 g/mol. The molecule has 3 aromatic heterocycles. The van der Waals surface area contributed by atoms with Crippen LogP contribution in [0, 0.1) is 27.7 Å². The smallest absolute Gasteiger partial charge is 0.253 e. The lowest BCUT2D eigenvalue weighted by molar-refractivity contribution is 0.0953. The highest BCUT2D eigenvalue weighted by molar-refractivity contribution is 7.12. The van der Waals surface area contributed by atoms with Crippen LogP contribution in [0.2, 0.25) is 0 Å². The normalized spacial score (nSPS) is 11.1. The summed E-state index contributed by atoms with van der Waals surface area (Å²) >= 11 is 1.56. The van der Waals surface area contributed by atoms with E-state index in [4.69, 9.17) is 0 Å². The van der Waals surface area contributed by atoms with E-state index in [0.717, 1.165) is 34.3 Å². The van der Waals surface area contributed by atoms with E-state index < -0.39 is 0 Å². The van der Waals surface area contributed by atoms with Gasteiger partial charge in [0.25, 0.3) is 5.91 Å². The Labute approximate surface area is 151 Å². The molecule has 1 amide bonds. The van der Waals surface area contributed by atoms with E-state index >= 15 is 0 Å². The van der Waals surface area contributed by atoms with Crippen molar-refractivity contribution in [2.75, 3.05) is 6.54 Å². The molecule has 0 aliphatic heterocycles. The van der Waals surface area contributed by atoms with E-state index in [0.29, 0.717) is 12.1 Å². The van der Waals surface area contributed by atoms with Crippen LogP contribution in [-0.4, -0.2) is 31.8 Å². The molecule has 0 saturated heterocycles. The Hall–Kier alpha value is -2.41. The molecule has 1 N–H and O–H groups in total. The molecule has 3 aromatic rings. The van der Waals surface area contributed by atoms with Crippen LogP contribution in [-0.2, 0) is 13.5 Å². The second-order valence-corrected chi connectivity index (χ2v) is 7.09. The van der Waals surface area contributed by atoms with Gasteiger partial charge < -0.3 is 5.32 Å². The van der Waals surface area contributed by atoms with Crippen LogP contribution in [0.3, 0.4) is 0 Å². The number of amides is 1. The average molecular weight is 357 g/mol. The minimum absolute atomic E-state index is 0.0462. The van der Waals surface area contributed by atoms with Gasteiger partial charge >= 0.3 is 0 Å². The maximum absolute atomic E-state index is 12.6. The summed E-state index contributed by atoms with van der Waals surface area (Å²) < 4.78 is 3.91. The van der Waals surface area contributed by atoms with Crippen LogP contribution in [0.5, 0.6) is 0 Å². The van der Waals surface area contributed by atoms with Crippen molar-refractivity contribution >= 4 is 17.2 Å². The van der Waals surface area contributed by atoms with Gasteiger partial charge in [-0.3, -0.25) is 14.0 Å². The van der Waals surface area contributed by atoms with Crippen molar-refractivity contribution in [2.45, 2.75) is 34.1 Å². The molecule has 7 heteroatoms. The second kappa shape index (κ2) is 6.84. The van der Waals surface area contributed by atoms with Gasteiger partial charge in [0.1, 0.15) is 0 Å². The number of hydrogen-bond acceptors (Lipinski definition) is 4. The number of carbonyl (C=O) groups excluding carboxylic acids is 1. The third kappa shape index (κ3) is 3.24. The lowest BCUT2D eigenvalue weighted by Crippen LogP contribution is -2.26. The zero-order chi connectivity index (χ0) is 18.1. The first kappa shape index (κ1) is 17.4. The molecular formula is C18H23N5OS. The summed E-state index contributed by atoms with van der Waals surface area (Å²) in [6.45, 7) is 8.60. The quantitative estimate of drug-likeness (QED) is 0.764. The van der Waals surface area contributed by atoms with E-state index in [1.165, 1.54) is 5.56 Å². The van der Waals surface area contributed by atoms with Crippen LogP contribution < -0.4 is 5.32 Å². The minimum atomic E-state index is -0.0462. The molecule has 25 heavy (non-hydrogen) atoms. The highest BCUT2D eigenvalue weighted by Crippen LogP contribution is 2.22. The Balaban J connectivity index is 1.71. The fraction of sp³-hybridized carbons (Fsp3) is 0.389. The van der Waals surface area contributed by atoms with E-state index in [2.05, 4.69) is 22.3 Å². The number of nitrogens with one attached hydrogen (secondary N) is 1. The third-order valence-corrected chi connectivity index (χ3v) is 5.36. The third-order valence-electron chi connectivity index (χ3n) is 4.61. The highest BCUT2D eigenvalue weighted by atomic mass is 32.1. The van der Waals surface area contributed by atoms with Crippen LogP contribution in [0.15, 0.2) is 17.6 Å². The Morgan fingerprint density at radius 3 is 2.60 bits per heavy atom. The standard InChI is InChI=1S/C18H23N5OS/c1-11-10-16(14(4)23(11)18-20-8-9-25-18)17(24)19-7-6-15-12(2)21-22(5)13(15)3/h8-10H,6-7H2,1-5H3,(H,19,24). The van der Waals surface area contributed by atoms with Crippen LogP contribution >= 0.6 is 11.3 Å². The Morgan fingerprint density at radius 1 is 1.24 bits per heavy atom. The summed E-state index contributed by atoms with van der Waals surface area (Å²) in [6.07, 6.45) is 2.56. The van der Waals surface area contributed by atoms with Crippen LogP contribution in [0.1, 0.15) is 38.7 Å². The van der Waals surface area contributed by atoms with Gasteiger partial charge in [-0.15, -0.1) is 11.3 Å². The van der Waals surface area contributed by atoms with Gasteiger partial charge in [-0.05, 0) is 45.7 Å². The molecule has 3 rings (SSSR count). The van der Waals surface area contributed by atoms with Gasteiger partial charge in [-0.2, -0.15) is 5.10 Å². The molecule has 132 valence electrons. The zero-order valence-corrected chi connectivity index (χ0v) is 16.1. The maximum atomic E-state index is 12.6. The first-order valence-electron chi connectivity index (χ1n) is 8.26. The minimum Gasteiger partial charge on any atom is -0.352 e. The molecule has 0 aromatic carbocycles. The summed E-state index contributed by atoms with van der Waals surface area (Å²) in [5.74, 6) is -0.0462. The van der Waals surface area contributed by atoms with Crippen molar-refractivity contribution in [3.63, 3.8) is 0 Å². The Morgan fingerprint density at radius 2 is 2.00 bits per heavy atom. The number of aryl methyl sites for hydroxylation is 3. The summed E-state index contributed by atoms with van der Waals surface area (Å²) in [5.41, 5.74) is 6.00. The molecule has 0 atom stereocenters. The molecule has 0 bridgehead atoms. The number of hydrogen-bond donors (Lipinski definition) is 1. The second-order valence-electron chi connectivity index (χ2n) is 6.21. The van der Waals surface area contributed by atoms with Crippen molar-refractivity contribution in [1.82, 2.24) is 24.6 Å². The van der Waals surface area contributed by atoms with Crippen molar-refractivity contribution < 1.29 is 4.79 Å². The number of nitrogens with zero attached hydrogens (tertiary/aromatic N) is 4. The van der Waals surface area contributed by atoms with Crippen molar-refractivity contribution in [1.29, 1.82) is 0 Å². The number of rotatable bonds is 5. The van der Waals surface area contributed by atoms with Crippen LogP contribution in [0.25, 0.3) is 5.13 Å². The predicted molar refractivity (Wildman–Crippen MR) is 99.6 cm³/mol. The van der Waals surface area contributed by atoms with Gasteiger partial charge in [0.05, 0.1) is 11.3 Å². The van der Waals surface area contributed by atoms with E-state index in [1.807, 2.05) is 48.5 Å². The summed E-state index contributed by atoms with van der Waals surface area (Å²) in [5, 5.41) is 10.3. The van der Waals surface area contributed by atoms with E-state index in [1.54, 1.807) is 17.5 Å². The molecule has 0 aliphatic rings. The fourth-order valence-corrected chi connectivity index (χ4v) is 3.94. The molecule has 0 aliphatic carbocycles. The van der Waals surface area contributed by atoms with Gasteiger partial charge in [0.2, 0.25) is 0 Å². The first-order chi connectivity index (χ1) is 11.9. The molecule has 0 fully saturated rings. The first-order valence-corrected chi connectivity index (χ1v) is 9.14. The van der Waals surface area contributed by atoms with E-state index in [-0.39, 0.29) is 5.91 Å². The summed E-state index contributed by atoms with van der Waals surface area (Å²) in [6, 6.07) is 1.92. The number of aromatic nitrogens is 4. The maximum Gasteiger partial charge on any atom is 0.253 e. The molecule has 0 spiro atoms. The zero-order valence-electron chi connectivity index (χ0n) is 15.3. The van der Waals surface area contributed by atoms with Gasteiger partial charge in [0, 0.05) is 42.3 Å². The van der Waals surface area contributed by atoms with Crippen molar-refractivity contribution in [2.24, 2.45) is 7.05 Å². The fourth-order valence-electron chi connectivity index (χ4n) is 3.19. The van der Waals surface area contributed by atoms with Gasteiger partial charge in [-0.25, -0.2) is 4.98 Å². The highest BCUT2D eigenvalue weighted by Gasteiger charge is 2.18. The Kier molecular flexibility index (Phi) is 4.76. The predicted octanol–water partition coefficient (Wildman–Crippen LogP) is 2.87. The van der Waals surface area contributed by atoms with Crippen molar-refractivity contribution in [3.05, 3.63) is 51.5 Å². The Bertz CT molecular complexity index is 905. The van der Waals surface area contributed by atoms with E-state index in [9.17, 15) is 4.79 Å². The molecule has 0 unspecified atom stereocenters. The lowest BCUT2D eigenvalue weighted by Gasteiger charge is -2.07. The summed E-state index contributed by atoms with van der Waals surface area (Å²) in [7, 11) is 1.94.